The predicted molar refractivity (Wildman–Crippen MR) is 175 cm³/mol. The van der Waals surface area contributed by atoms with Crippen LogP contribution in [0.4, 0.5) is 0 Å². The number of unbranched alkanes of at least 4 members (excludes halogenated alkanes) is 12. The average Bonchev–Trinajstić information content (AvgIpc) is 2.93. The minimum absolute atomic E-state index is 0.888. The maximum Gasteiger partial charge on any atom is 0.317 e. The highest BCUT2D eigenvalue weighted by atomic mass is 29.3. The zero-order chi connectivity index (χ0) is 28.2. The molecular weight excluding hydrogens is 489 g/mol. The van der Waals surface area contributed by atoms with Gasteiger partial charge in [-0.1, -0.05) is 80.1 Å². The van der Waals surface area contributed by atoms with Gasteiger partial charge in [0.25, 0.3) is 0 Å². The van der Waals surface area contributed by atoms with E-state index in [0.29, 0.717) is 0 Å². The summed E-state index contributed by atoms with van der Waals surface area (Å²) in [5.41, 5.74) is 22.7. The first-order chi connectivity index (χ1) is 18.6. The Bertz CT molecular complexity index is 782. The zero-order valence-electron chi connectivity index (χ0n) is 25.7. The third-order valence-corrected chi connectivity index (χ3v) is 16.2. The quantitative estimate of drug-likeness (QED) is 0.123. The van der Waals surface area contributed by atoms with E-state index in [1.165, 1.54) is 0 Å². The molecule has 0 aromatic rings. The molecule has 0 saturated heterocycles. The molecule has 0 radical (unpaired) electrons. The van der Waals surface area contributed by atoms with Crippen molar-refractivity contribution < 1.29 is 0 Å². The minimum Gasteiger partial charge on any atom is -0.108 e. The third kappa shape index (κ3) is 15.3. The highest BCUT2D eigenvalue weighted by Gasteiger charge is 2.54. The Balaban J connectivity index is 7.43. The van der Waals surface area contributed by atoms with Crippen molar-refractivity contribution >= 4 is 15.2 Å². The molecule has 0 spiro atoms. The Morgan fingerprint density at radius 2 is 0.447 bits per heavy atom. The lowest BCUT2D eigenvalue weighted by Gasteiger charge is -2.24. The largest absolute Gasteiger partial charge is 0.317 e. The molecule has 0 rings (SSSR count). The SMILES string of the molecule is CCCCC#C[Si](C#CCCCC)(C#CCCCC)[Si](C#CCCCC)(C#CCCCC)C#CCCCC. The van der Waals surface area contributed by atoms with Gasteiger partial charge in [0.2, 0.25) is 0 Å². The standard InChI is InChI=1S/C36H54Si2/c1-7-13-19-25-31-37(32-26-20-14-8-2,33-27-21-15-9-3)38(34-28-22-16-10-4,35-29-23-17-11-5)36-30-24-18-12-6/h7-24H2,1-6H3. The van der Waals surface area contributed by atoms with Crippen molar-refractivity contribution in [2.24, 2.45) is 0 Å². The first-order valence-electron chi connectivity index (χ1n) is 15.6. The summed E-state index contributed by atoms with van der Waals surface area (Å²) in [6, 6.07) is 0. The van der Waals surface area contributed by atoms with Crippen LogP contribution in [0.2, 0.25) is 0 Å². The lowest BCUT2D eigenvalue weighted by atomic mass is 10.3. The highest BCUT2D eigenvalue weighted by molar-refractivity contribution is 7.59. The summed E-state index contributed by atoms with van der Waals surface area (Å²) in [7, 11) is -5.74. The molecule has 0 aliphatic rings. The summed E-state index contributed by atoms with van der Waals surface area (Å²) >= 11 is 0. The topological polar surface area (TPSA) is 0 Å². The van der Waals surface area contributed by atoms with Crippen LogP contribution in [0.3, 0.4) is 0 Å². The molecule has 0 fully saturated rings. The highest BCUT2D eigenvalue weighted by Crippen LogP contribution is 2.19. The Kier molecular flexibility index (Phi) is 23.6. The summed E-state index contributed by atoms with van der Waals surface area (Å²) in [4.78, 5) is 0. The van der Waals surface area contributed by atoms with Gasteiger partial charge in [-0.05, 0) is 38.5 Å². The predicted octanol–water partition coefficient (Wildman–Crippen LogP) is 9.36. The van der Waals surface area contributed by atoms with Crippen molar-refractivity contribution in [3.8, 4) is 68.8 Å². The van der Waals surface area contributed by atoms with Crippen molar-refractivity contribution in [2.45, 2.75) is 157 Å². The summed E-state index contributed by atoms with van der Waals surface area (Å²) < 4.78 is 0. The van der Waals surface area contributed by atoms with Crippen LogP contribution in [0.5, 0.6) is 0 Å². The fourth-order valence-corrected chi connectivity index (χ4v) is 12.3. The van der Waals surface area contributed by atoms with E-state index in [4.69, 9.17) is 0 Å². The lowest BCUT2D eigenvalue weighted by molar-refractivity contribution is 0.827. The fraction of sp³-hybridized carbons (Fsp3) is 0.667. The molecule has 0 saturated carbocycles. The van der Waals surface area contributed by atoms with Crippen LogP contribution < -0.4 is 0 Å². The van der Waals surface area contributed by atoms with Gasteiger partial charge in [0.15, 0.2) is 0 Å². The van der Waals surface area contributed by atoms with Crippen LogP contribution in [-0.2, 0) is 0 Å². The molecule has 0 aromatic carbocycles. The average molecular weight is 543 g/mol. The third-order valence-electron chi connectivity index (χ3n) is 6.15. The maximum absolute atomic E-state index is 3.78. The molecule has 0 aromatic heterocycles. The van der Waals surface area contributed by atoms with Crippen molar-refractivity contribution in [1.82, 2.24) is 0 Å². The van der Waals surface area contributed by atoms with Gasteiger partial charge in [0, 0.05) is 38.5 Å². The molecule has 0 bridgehead atoms. The molecular formula is C36H54Si2. The molecule has 0 aliphatic carbocycles. The van der Waals surface area contributed by atoms with Gasteiger partial charge in [0.05, 0.1) is 0 Å². The first-order valence-corrected chi connectivity index (χ1v) is 20.6. The van der Waals surface area contributed by atoms with E-state index < -0.39 is 15.2 Å². The Labute approximate surface area is 240 Å². The van der Waals surface area contributed by atoms with Gasteiger partial charge < -0.3 is 0 Å². The van der Waals surface area contributed by atoms with E-state index in [2.05, 4.69) is 110 Å². The molecule has 2 heteroatoms. The van der Waals surface area contributed by atoms with Crippen LogP contribution in [-0.4, -0.2) is 15.2 Å². The normalized spacial score (nSPS) is 9.95. The van der Waals surface area contributed by atoms with Gasteiger partial charge >= 0.3 is 15.2 Å². The van der Waals surface area contributed by atoms with Gasteiger partial charge in [-0.25, -0.2) is 0 Å². The van der Waals surface area contributed by atoms with Crippen LogP contribution in [0.15, 0.2) is 0 Å². The summed E-state index contributed by atoms with van der Waals surface area (Å²) in [5.74, 6) is 21.3. The molecule has 38 heavy (non-hydrogen) atoms. The number of rotatable bonds is 13. The van der Waals surface area contributed by atoms with E-state index >= 15 is 0 Å². The maximum atomic E-state index is 3.78. The Morgan fingerprint density at radius 3 is 0.579 bits per heavy atom. The minimum atomic E-state index is -2.87. The monoisotopic (exact) mass is 542 g/mol. The van der Waals surface area contributed by atoms with E-state index in [-0.39, 0.29) is 0 Å². The van der Waals surface area contributed by atoms with E-state index in [1.54, 1.807) is 0 Å². The van der Waals surface area contributed by atoms with Gasteiger partial charge in [-0.3, -0.25) is 0 Å². The summed E-state index contributed by atoms with van der Waals surface area (Å²) in [5, 5.41) is 0. The van der Waals surface area contributed by atoms with Crippen molar-refractivity contribution in [2.75, 3.05) is 0 Å². The summed E-state index contributed by atoms with van der Waals surface area (Å²) in [6.07, 6.45) is 18.8. The van der Waals surface area contributed by atoms with Crippen LogP contribution in [0.25, 0.3) is 0 Å². The molecule has 0 nitrogen and oxygen atoms in total. The molecule has 0 amide bonds. The second kappa shape index (κ2) is 25.1. The smallest absolute Gasteiger partial charge is 0.108 e. The number of hydrogen-bond acceptors (Lipinski definition) is 0. The molecule has 0 atom stereocenters. The first kappa shape index (κ1) is 35.8. The Hall–Kier alpha value is -2.21. The van der Waals surface area contributed by atoms with Crippen LogP contribution in [0.1, 0.15) is 157 Å². The van der Waals surface area contributed by atoms with E-state index in [0.717, 1.165) is 116 Å². The van der Waals surface area contributed by atoms with Crippen molar-refractivity contribution in [3.05, 3.63) is 0 Å². The van der Waals surface area contributed by atoms with Crippen LogP contribution >= 0.6 is 0 Å². The van der Waals surface area contributed by atoms with Gasteiger partial charge in [0.1, 0.15) is 0 Å². The van der Waals surface area contributed by atoms with Gasteiger partial charge in [-0.15, -0.1) is 68.8 Å². The second-order valence-corrected chi connectivity index (χ2v) is 18.9. The zero-order valence-corrected chi connectivity index (χ0v) is 27.7. The molecule has 206 valence electrons. The molecule has 0 aliphatic heterocycles. The van der Waals surface area contributed by atoms with Crippen molar-refractivity contribution in [3.63, 3.8) is 0 Å². The Morgan fingerprint density at radius 1 is 0.289 bits per heavy atom. The molecule has 0 N–H and O–H groups in total. The lowest BCUT2D eigenvalue weighted by Crippen LogP contribution is -2.60. The van der Waals surface area contributed by atoms with E-state index in [1.807, 2.05) is 0 Å². The fourth-order valence-electron chi connectivity index (χ4n) is 3.51. The summed E-state index contributed by atoms with van der Waals surface area (Å²) in [6.45, 7) is 13.3. The molecule has 0 heterocycles. The number of hydrogen-bond donors (Lipinski definition) is 0. The van der Waals surface area contributed by atoms with E-state index in [9.17, 15) is 0 Å². The van der Waals surface area contributed by atoms with Gasteiger partial charge in [-0.2, -0.15) is 0 Å². The van der Waals surface area contributed by atoms with Crippen molar-refractivity contribution in [1.29, 1.82) is 0 Å². The second-order valence-electron chi connectivity index (χ2n) is 9.93. The van der Waals surface area contributed by atoms with Crippen LogP contribution in [0, 0.1) is 68.8 Å². The molecule has 0 unspecified atom stereocenters.